The molecule has 0 atom stereocenters. The Bertz CT molecular complexity index is 676. The van der Waals surface area contributed by atoms with E-state index in [1.54, 1.807) is 0 Å². The molecule has 0 fully saturated rings. The molecule has 0 bridgehead atoms. The molecular weight excluding hydrogens is 299 g/mol. The summed E-state index contributed by atoms with van der Waals surface area (Å²) in [6, 6.07) is 5.77. The number of alkyl halides is 3. The van der Waals surface area contributed by atoms with E-state index < -0.39 is 21.8 Å². The van der Waals surface area contributed by atoms with Gasteiger partial charge in [0.05, 0.1) is 16.2 Å². The molecule has 1 aromatic carbocycles. The summed E-state index contributed by atoms with van der Waals surface area (Å²) in [7, 11) is 0. The van der Waals surface area contributed by atoms with Gasteiger partial charge in [0, 0.05) is 17.7 Å². The van der Waals surface area contributed by atoms with Crippen LogP contribution in [0.3, 0.4) is 0 Å². The van der Waals surface area contributed by atoms with E-state index in [0.29, 0.717) is 6.07 Å². The van der Waals surface area contributed by atoms with E-state index >= 15 is 0 Å². The summed E-state index contributed by atoms with van der Waals surface area (Å²) < 4.78 is 38.1. The number of halogens is 4. The molecule has 0 radical (unpaired) electrons. The molecule has 0 aliphatic rings. The third-order valence-electron chi connectivity index (χ3n) is 2.41. The number of nitro groups is 1. The van der Waals surface area contributed by atoms with Crippen LogP contribution in [0.25, 0.3) is 11.3 Å². The molecule has 20 heavy (non-hydrogen) atoms. The fourth-order valence-corrected chi connectivity index (χ4v) is 1.69. The van der Waals surface area contributed by atoms with E-state index in [-0.39, 0.29) is 16.9 Å². The van der Waals surface area contributed by atoms with Crippen molar-refractivity contribution in [3.8, 4) is 11.3 Å². The first-order valence-electron chi connectivity index (χ1n) is 5.14. The number of nitrogens with zero attached hydrogens (tertiary/aromatic N) is 3. The minimum atomic E-state index is -4.68. The lowest BCUT2D eigenvalue weighted by Crippen LogP contribution is -2.08. The Labute approximate surface area is 115 Å². The normalized spacial score (nSPS) is 11.4. The fraction of sp³-hybridized carbons (Fsp3) is 0.0909. The van der Waals surface area contributed by atoms with Gasteiger partial charge in [-0.2, -0.15) is 13.2 Å². The number of aromatic nitrogens is 2. The van der Waals surface area contributed by atoms with E-state index in [1.165, 1.54) is 18.2 Å². The summed E-state index contributed by atoms with van der Waals surface area (Å²) in [6.45, 7) is 0. The molecule has 1 aromatic heterocycles. The van der Waals surface area contributed by atoms with E-state index in [1.807, 2.05) is 0 Å². The van der Waals surface area contributed by atoms with Crippen LogP contribution in [0.2, 0.25) is 5.15 Å². The molecule has 0 unspecified atom stereocenters. The monoisotopic (exact) mass is 303 g/mol. The number of hydrogen-bond acceptors (Lipinski definition) is 4. The molecule has 1 heterocycles. The van der Waals surface area contributed by atoms with Crippen LogP contribution in [-0.2, 0) is 6.18 Å². The number of non-ortho nitro benzene ring substituents is 1. The zero-order chi connectivity index (χ0) is 14.9. The maximum absolute atomic E-state index is 12.7. The first kappa shape index (κ1) is 14.2. The molecule has 0 spiro atoms. The summed E-state index contributed by atoms with van der Waals surface area (Å²) in [5.41, 5.74) is -1.40. The molecule has 0 aliphatic heterocycles. The summed E-state index contributed by atoms with van der Waals surface area (Å²) in [5.74, 6) is 0. The zero-order valence-electron chi connectivity index (χ0n) is 9.56. The first-order valence-corrected chi connectivity index (χ1v) is 5.52. The Morgan fingerprint density at radius 2 is 1.90 bits per heavy atom. The smallest absolute Gasteiger partial charge is 0.258 e. The summed E-state index contributed by atoms with van der Waals surface area (Å²) in [5, 5.41) is 16.6. The molecule has 0 N–H and O–H groups in total. The van der Waals surface area contributed by atoms with E-state index in [9.17, 15) is 23.3 Å². The van der Waals surface area contributed by atoms with E-state index in [0.717, 1.165) is 6.07 Å². The fourth-order valence-electron chi connectivity index (χ4n) is 1.50. The van der Waals surface area contributed by atoms with Crippen LogP contribution in [0.1, 0.15) is 5.56 Å². The molecule has 0 aliphatic carbocycles. The van der Waals surface area contributed by atoms with Crippen molar-refractivity contribution < 1.29 is 18.1 Å². The van der Waals surface area contributed by atoms with E-state index in [2.05, 4.69) is 10.2 Å². The molecular formula is C11H5ClF3N3O2. The average molecular weight is 304 g/mol. The molecule has 0 amide bonds. The first-order chi connectivity index (χ1) is 9.29. The van der Waals surface area contributed by atoms with Crippen LogP contribution in [-0.4, -0.2) is 15.1 Å². The van der Waals surface area contributed by atoms with Crippen molar-refractivity contribution in [3.05, 3.63) is 51.2 Å². The third-order valence-corrected chi connectivity index (χ3v) is 2.69. The van der Waals surface area contributed by atoms with Gasteiger partial charge >= 0.3 is 6.18 Å². The van der Waals surface area contributed by atoms with Gasteiger partial charge in [0.25, 0.3) is 5.69 Å². The standard InChI is InChI=1S/C11H5ClF3N3O2/c12-10-8(11(13,14)15)5-9(16-17-10)6-2-1-3-7(4-6)18(19)20/h1-5H. The van der Waals surface area contributed by atoms with Crippen molar-refractivity contribution >= 4 is 17.3 Å². The molecule has 2 aromatic rings. The topological polar surface area (TPSA) is 68.9 Å². The Balaban J connectivity index is 2.54. The molecule has 0 saturated carbocycles. The Kier molecular flexibility index (Phi) is 3.58. The Hall–Kier alpha value is -2.22. The predicted molar refractivity (Wildman–Crippen MR) is 64.1 cm³/mol. The highest BCUT2D eigenvalue weighted by Crippen LogP contribution is 2.35. The van der Waals surface area contributed by atoms with Crippen molar-refractivity contribution in [2.24, 2.45) is 0 Å². The number of hydrogen-bond donors (Lipinski definition) is 0. The van der Waals surface area contributed by atoms with Crippen molar-refractivity contribution in [1.82, 2.24) is 10.2 Å². The van der Waals surface area contributed by atoms with Gasteiger partial charge in [0.15, 0.2) is 5.15 Å². The van der Waals surface area contributed by atoms with Crippen LogP contribution in [0, 0.1) is 10.1 Å². The maximum atomic E-state index is 12.7. The van der Waals surface area contributed by atoms with Gasteiger partial charge in [0.2, 0.25) is 0 Å². The molecule has 9 heteroatoms. The largest absolute Gasteiger partial charge is 0.419 e. The molecule has 0 saturated heterocycles. The van der Waals surface area contributed by atoms with Crippen molar-refractivity contribution in [1.29, 1.82) is 0 Å². The van der Waals surface area contributed by atoms with Crippen molar-refractivity contribution in [2.45, 2.75) is 6.18 Å². The lowest BCUT2D eigenvalue weighted by molar-refractivity contribution is -0.384. The summed E-state index contributed by atoms with van der Waals surface area (Å²) in [4.78, 5) is 9.98. The van der Waals surface area contributed by atoms with Crippen LogP contribution in [0.4, 0.5) is 18.9 Å². The van der Waals surface area contributed by atoms with Crippen LogP contribution in [0.5, 0.6) is 0 Å². The van der Waals surface area contributed by atoms with Gasteiger partial charge in [-0.05, 0) is 6.07 Å². The van der Waals surface area contributed by atoms with Gasteiger partial charge in [0.1, 0.15) is 0 Å². The third kappa shape index (κ3) is 2.85. The van der Waals surface area contributed by atoms with Crippen molar-refractivity contribution in [3.63, 3.8) is 0 Å². The van der Waals surface area contributed by atoms with Gasteiger partial charge < -0.3 is 0 Å². The summed E-state index contributed by atoms with van der Waals surface area (Å²) >= 11 is 5.35. The predicted octanol–water partition coefficient (Wildman–Crippen LogP) is 3.72. The lowest BCUT2D eigenvalue weighted by atomic mass is 10.1. The Morgan fingerprint density at radius 3 is 2.50 bits per heavy atom. The Morgan fingerprint density at radius 1 is 1.20 bits per heavy atom. The quantitative estimate of drug-likeness (QED) is 0.626. The second kappa shape index (κ2) is 5.04. The lowest BCUT2D eigenvalue weighted by Gasteiger charge is -2.09. The average Bonchev–Trinajstić information content (AvgIpc) is 2.38. The van der Waals surface area contributed by atoms with E-state index in [4.69, 9.17) is 11.6 Å². The number of rotatable bonds is 2. The second-order valence-electron chi connectivity index (χ2n) is 3.74. The minimum Gasteiger partial charge on any atom is -0.258 e. The maximum Gasteiger partial charge on any atom is 0.419 e. The van der Waals surface area contributed by atoms with Gasteiger partial charge in [-0.3, -0.25) is 10.1 Å². The van der Waals surface area contributed by atoms with Crippen LogP contribution >= 0.6 is 11.6 Å². The van der Waals surface area contributed by atoms with Crippen LogP contribution in [0.15, 0.2) is 30.3 Å². The number of benzene rings is 1. The van der Waals surface area contributed by atoms with Crippen LogP contribution < -0.4 is 0 Å². The summed E-state index contributed by atoms with van der Waals surface area (Å²) in [6.07, 6.45) is -4.68. The molecule has 5 nitrogen and oxygen atoms in total. The van der Waals surface area contributed by atoms with Gasteiger partial charge in [-0.1, -0.05) is 23.7 Å². The SMILES string of the molecule is O=[N+]([O-])c1cccc(-c2cc(C(F)(F)F)c(Cl)nn2)c1. The van der Waals surface area contributed by atoms with Gasteiger partial charge in [-0.15, -0.1) is 10.2 Å². The van der Waals surface area contributed by atoms with Gasteiger partial charge in [-0.25, -0.2) is 0 Å². The zero-order valence-corrected chi connectivity index (χ0v) is 10.3. The highest BCUT2D eigenvalue weighted by Gasteiger charge is 2.34. The molecule has 104 valence electrons. The van der Waals surface area contributed by atoms with Crippen molar-refractivity contribution in [2.75, 3.05) is 0 Å². The highest BCUT2D eigenvalue weighted by atomic mass is 35.5. The number of nitro benzene ring substituents is 1. The second-order valence-corrected chi connectivity index (χ2v) is 4.10. The highest BCUT2D eigenvalue weighted by molar-refractivity contribution is 6.30. The minimum absolute atomic E-state index is 0.147. The molecule has 2 rings (SSSR count).